The van der Waals surface area contributed by atoms with E-state index in [1.165, 1.54) is 0 Å². The molecular formula is C8H8ClF2NS. The molecule has 0 aliphatic heterocycles. The van der Waals surface area contributed by atoms with Crippen molar-refractivity contribution in [3.63, 3.8) is 0 Å². The Balaban J connectivity index is 2.66. The molecule has 0 spiro atoms. The Hall–Kier alpha value is -0.480. The molecule has 72 valence electrons. The number of hydrogen-bond donors (Lipinski definition) is 1. The number of alkyl halides is 2. The zero-order valence-electron chi connectivity index (χ0n) is 6.64. The molecule has 0 saturated carbocycles. The minimum Gasteiger partial charge on any atom is -0.399 e. The summed E-state index contributed by atoms with van der Waals surface area (Å²) in [5.41, 5.74) is 5.97. The second kappa shape index (κ2) is 4.67. The first-order valence-electron chi connectivity index (χ1n) is 3.55. The number of benzene rings is 1. The van der Waals surface area contributed by atoms with Crippen LogP contribution in [0.5, 0.6) is 0 Å². The van der Waals surface area contributed by atoms with Crippen LogP contribution in [-0.2, 0) is 0 Å². The third-order valence-corrected chi connectivity index (χ3v) is 2.48. The molecule has 1 aromatic carbocycles. The SMILES string of the molecule is Nc1cc(Cl)cc(SCC(F)F)c1. The van der Waals surface area contributed by atoms with Crippen LogP contribution in [0.1, 0.15) is 0 Å². The number of nitrogen functional groups attached to an aromatic ring is 1. The van der Waals surface area contributed by atoms with Crippen LogP contribution in [0.3, 0.4) is 0 Å². The molecule has 0 bridgehead atoms. The van der Waals surface area contributed by atoms with E-state index in [0.29, 0.717) is 15.6 Å². The van der Waals surface area contributed by atoms with Gasteiger partial charge in [0.05, 0.1) is 5.75 Å². The monoisotopic (exact) mass is 223 g/mol. The number of nitrogens with two attached hydrogens (primary N) is 1. The molecule has 0 fully saturated rings. The fraction of sp³-hybridized carbons (Fsp3) is 0.250. The molecule has 13 heavy (non-hydrogen) atoms. The second-order valence-electron chi connectivity index (χ2n) is 2.42. The molecule has 0 aliphatic rings. The maximum atomic E-state index is 11.8. The van der Waals surface area contributed by atoms with Crippen molar-refractivity contribution in [3.8, 4) is 0 Å². The number of halogens is 3. The van der Waals surface area contributed by atoms with Crippen molar-refractivity contribution in [2.24, 2.45) is 0 Å². The second-order valence-corrected chi connectivity index (χ2v) is 3.95. The highest BCUT2D eigenvalue weighted by Crippen LogP contribution is 2.26. The van der Waals surface area contributed by atoms with Crippen LogP contribution in [0.15, 0.2) is 23.1 Å². The molecule has 0 aliphatic carbocycles. The maximum Gasteiger partial charge on any atom is 0.247 e. The fourth-order valence-corrected chi connectivity index (χ4v) is 1.88. The molecule has 1 nitrogen and oxygen atoms in total. The Labute approximate surface area is 84.3 Å². The zero-order valence-corrected chi connectivity index (χ0v) is 8.21. The molecule has 0 saturated heterocycles. The van der Waals surface area contributed by atoms with E-state index in [1.54, 1.807) is 18.2 Å². The highest BCUT2D eigenvalue weighted by atomic mass is 35.5. The lowest BCUT2D eigenvalue weighted by molar-refractivity contribution is 0.177. The van der Waals surface area contributed by atoms with Crippen molar-refractivity contribution in [2.45, 2.75) is 11.3 Å². The summed E-state index contributed by atoms with van der Waals surface area (Å²) in [7, 11) is 0. The van der Waals surface area contributed by atoms with E-state index in [1.807, 2.05) is 0 Å². The zero-order chi connectivity index (χ0) is 9.84. The standard InChI is InChI=1S/C8H8ClF2NS/c9-5-1-6(12)3-7(2-5)13-4-8(10)11/h1-3,8H,4,12H2. The Bertz CT molecular complexity index is 273. The Kier molecular flexibility index (Phi) is 3.81. The van der Waals surface area contributed by atoms with Crippen LogP contribution >= 0.6 is 23.4 Å². The van der Waals surface area contributed by atoms with Gasteiger partial charge in [0.15, 0.2) is 0 Å². The Morgan fingerprint density at radius 3 is 2.62 bits per heavy atom. The van der Waals surface area contributed by atoms with Gasteiger partial charge < -0.3 is 5.73 Å². The molecule has 0 radical (unpaired) electrons. The lowest BCUT2D eigenvalue weighted by atomic mass is 10.3. The maximum absolute atomic E-state index is 11.8. The first-order valence-corrected chi connectivity index (χ1v) is 4.91. The average molecular weight is 224 g/mol. The number of thioether (sulfide) groups is 1. The quantitative estimate of drug-likeness (QED) is 0.629. The topological polar surface area (TPSA) is 26.0 Å². The summed E-state index contributed by atoms with van der Waals surface area (Å²) < 4.78 is 23.7. The van der Waals surface area contributed by atoms with E-state index in [2.05, 4.69) is 0 Å². The van der Waals surface area contributed by atoms with Gasteiger partial charge in [-0.25, -0.2) is 8.78 Å². The Morgan fingerprint density at radius 2 is 2.08 bits per heavy atom. The van der Waals surface area contributed by atoms with Gasteiger partial charge >= 0.3 is 0 Å². The van der Waals surface area contributed by atoms with Gasteiger partial charge in [-0.3, -0.25) is 0 Å². The molecule has 1 rings (SSSR count). The van der Waals surface area contributed by atoms with Crippen molar-refractivity contribution >= 4 is 29.1 Å². The van der Waals surface area contributed by atoms with Crippen LogP contribution in [0, 0.1) is 0 Å². The molecule has 0 heterocycles. The minimum atomic E-state index is -2.31. The summed E-state index contributed by atoms with van der Waals surface area (Å²) >= 11 is 6.73. The average Bonchev–Trinajstić information content (AvgIpc) is 1.99. The summed E-state index contributed by atoms with van der Waals surface area (Å²) in [4.78, 5) is 0.672. The first kappa shape index (κ1) is 10.6. The van der Waals surface area contributed by atoms with Crippen molar-refractivity contribution in [1.82, 2.24) is 0 Å². The van der Waals surface area contributed by atoms with Crippen LogP contribution in [-0.4, -0.2) is 12.2 Å². The van der Waals surface area contributed by atoms with Crippen molar-refractivity contribution in [1.29, 1.82) is 0 Å². The molecule has 0 amide bonds. The minimum absolute atomic E-state index is 0.236. The van der Waals surface area contributed by atoms with Gasteiger partial charge in [-0.2, -0.15) is 0 Å². The van der Waals surface area contributed by atoms with E-state index >= 15 is 0 Å². The summed E-state index contributed by atoms with van der Waals surface area (Å²) in [6.07, 6.45) is -2.31. The van der Waals surface area contributed by atoms with Crippen molar-refractivity contribution in [2.75, 3.05) is 11.5 Å². The molecule has 0 unspecified atom stereocenters. The van der Waals surface area contributed by atoms with Crippen molar-refractivity contribution < 1.29 is 8.78 Å². The van der Waals surface area contributed by atoms with Crippen molar-refractivity contribution in [3.05, 3.63) is 23.2 Å². The smallest absolute Gasteiger partial charge is 0.247 e. The predicted octanol–water partition coefficient (Wildman–Crippen LogP) is 3.28. The van der Waals surface area contributed by atoms with E-state index in [4.69, 9.17) is 17.3 Å². The molecule has 1 aromatic rings. The predicted molar refractivity (Wildman–Crippen MR) is 52.6 cm³/mol. The third-order valence-electron chi connectivity index (χ3n) is 1.27. The normalized spacial score (nSPS) is 10.8. The molecule has 0 aromatic heterocycles. The summed E-state index contributed by atoms with van der Waals surface area (Å²) in [6, 6.07) is 4.82. The van der Waals surface area contributed by atoms with E-state index < -0.39 is 6.43 Å². The largest absolute Gasteiger partial charge is 0.399 e. The van der Waals surface area contributed by atoms with Gasteiger partial charge in [0.1, 0.15) is 0 Å². The summed E-state index contributed by atoms with van der Waals surface area (Å²) in [5.74, 6) is -0.236. The first-order chi connectivity index (χ1) is 6.08. The number of rotatable bonds is 3. The van der Waals surface area contributed by atoms with E-state index in [-0.39, 0.29) is 5.75 Å². The highest BCUT2D eigenvalue weighted by molar-refractivity contribution is 7.99. The van der Waals surface area contributed by atoms with Gasteiger partial charge in [0.25, 0.3) is 0 Å². The number of anilines is 1. The lowest BCUT2D eigenvalue weighted by Crippen LogP contribution is -1.93. The van der Waals surface area contributed by atoms with Crippen LogP contribution in [0.4, 0.5) is 14.5 Å². The lowest BCUT2D eigenvalue weighted by Gasteiger charge is -2.02. The fourth-order valence-electron chi connectivity index (χ4n) is 0.827. The highest BCUT2D eigenvalue weighted by Gasteiger charge is 2.04. The van der Waals surface area contributed by atoms with Crippen LogP contribution < -0.4 is 5.73 Å². The van der Waals surface area contributed by atoms with Gasteiger partial charge in [-0.05, 0) is 18.2 Å². The van der Waals surface area contributed by atoms with Gasteiger partial charge in [0.2, 0.25) is 6.43 Å². The molecular weight excluding hydrogens is 216 g/mol. The van der Waals surface area contributed by atoms with E-state index in [9.17, 15) is 8.78 Å². The van der Waals surface area contributed by atoms with Gasteiger partial charge in [-0.15, -0.1) is 11.8 Å². The van der Waals surface area contributed by atoms with E-state index in [0.717, 1.165) is 11.8 Å². The molecule has 5 heteroatoms. The van der Waals surface area contributed by atoms with Crippen LogP contribution in [0.25, 0.3) is 0 Å². The third kappa shape index (κ3) is 3.83. The van der Waals surface area contributed by atoms with Gasteiger partial charge in [0, 0.05) is 15.6 Å². The summed E-state index contributed by atoms with van der Waals surface area (Å²) in [6.45, 7) is 0. The van der Waals surface area contributed by atoms with Crippen LogP contribution in [0.2, 0.25) is 5.02 Å². The number of hydrogen-bond acceptors (Lipinski definition) is 2. The molecule has 0 atom stereocenters. The molecule has 2 N–H and O–H groups in total. The van der Waals surface area contributed by atoms with Gasteiger partial charge in [-0.1, -0.05) is 11.6 Å². The Morgan fingerprint density at radius 1 is 1.38 bits per heavy atom. The summed E-state index contributed by atoms with van der Waals surface area (Å²) in [5, 5.41) is 0.469.